The van der Waals surface area contributed by atoms with Gasteiger partial charge in [-0.05, 0) is 54.6 Å². The largest absolute Gasteiger partial charge is 0.497 e. The third kappa shape index (κ3) is 4.70. The quantitative estimate of drug-likeness (QED) is 0.242. The van der Waals surface area contributed by atoms with Crippen LogP contribution >= 0.6 is 0 Å². The van der Waals surface area contributed by atoms with Gasteiger partial charge in [0.25, 0.3) is 5.91 Å². The maximum Gasteiger partial charge on any atom is 0.322 e. The zero-order valence-corrected chi connectivity index (χ0v) is 18.0. The molecule has 2 aromatic carbocycles. The van der Waals surface area contributed by atoms with Crippen LogP contribution < -0.4 is 15.4 Å². The standard InChI is InChI=1S/C12H9N3O4.C11H13NO2/c16-11-10(14-12(17)15-11)9-4-7-3-6(5-13-18)1-2-8(7)19-9;1-12-6-8-3-4-9(14-2)5-10(8)11(13)7-12/h1-5,10,18H,(H2,14,15,16,17);3-5H,6-7H2,1-2H3/b13-5+;. The second kappa shape index (κ2) is 9.13. The first-order valence-corrected chi connectivity index (χ1v) is 10.1. The van der Waals surface area contributed by atoms with Gasteiger partial charge in [-0.2, -0.15) is 0 Å². The zero-order valence-electron chi connectivity index (χ0n) is 18.0. The lowest BCUT2D eigenvalue weighted by Gasteiger charge is -2.23. The van der Waals surface area contributed by atoms with E-state index in [-0.39, 0.29) is 5.78 Å². The molecule has 10 nitrogen and oxygen atoms in total. The van der Waals surface area contributed by atoms with E-state index in [9.17, 15) is 14.4 Å². The number of likely N-dealkylation sites (N-methyl/N-ethyl adjacent to an activating group) is 1. The van der Waals surface area contributed by atoms with Gasteiger partial charge in [0.05, 0.1) is 19.9 Å². The number of carbonyl (C=O) groups excluding carboxylic acids is 3. The third-order valence-corrected chi connectivity index (χ3v) is 5.30. The minimum Gasteiger partial charge on any atom is -0.497 e. The fourth-order valence-corrected chi connectivity index (χ4v) is 3.75. The van der Waals surface area contributed by atoms with Crippen molar-refractivity contribution in [3.05, 3.63) is 64.9 Å². The molecule has 0 spiro atoms. The second-order valence-corrected chi connectivity index (χ2v) is 7.70. The van der Waals surface area contributed by atoms with Crippen molar-refractivity contribution in [3.63, 3.8) is 0 Å². The lowest BCUT2D eigenvalue weighted by molar-refractivity contribution is -0.120. The molecular formula is C23H22N4O6. The van der Waals surface area contributed by atoms with Crippen LogP contribution in [0.4, 0.5) is 4.79 Å². The van der Waals surface area contributed by atoms with Gasteiger partial charge in [0, 0.05) is 17.5 Å². The van der Waals surface area contributed by atoms with E-state index in [4.69, 9.17) is 14.4 Å². The van der Waals surface area contributed by atoms with E-state index < -0.39 is 18.0 Å². The summed E-state index contributed by atoms with van der Waals surface area (Å²) < 4.78 is 10.6. The Morgan fingerprint density at radius 3 is 2.67 bits per heavy atom. The number of furan rings is 1. The molecule has 0 saturated carbocycles. The lowest BCUT2D eigenvalue weighted by atomic mass is 9.99. The summed E-state index contributed by atoms with van der Waals surface area (Å²) in [6.07, 6.45) is 1.29. The molecule has 0 radical (unpaired) electrons. The lowest BCUT2D eigenvalue weighted by Crippen LogP contribution is -2.31. The number of rotatable bonds is 3. The Hall–Kier alpha value is -4.18. The maximum atomic E-state index is 11.7. The maximum absolute atomic E-state index is 11.7. The SMILES string of the molecule is COc1ccc2c(c1)C(=O)CN(C)C2.O=C1NC(=O)C(c2cc3cc(/C=N/O)ccc3o2)N1. The van der Waals surface area contributed by atoms with Gasteiger partial charge in [0.2, 0.25) is 0 Å². The fourth-order valence-electron chi connectivity index (χ4n) is 3.75. The smallest absolute Gasteiger partial charge is 0.322 e. The van der Waals surface area contributed by atoms with Crippen molar-refractivity contribution >= 4 is 34.9 Å². The Bertz CT molecular complexity index is 1270. The number of amides is 3. The van der Waals surface area contributed by atoms with Crippen molar-refractivity contribution in [2.24, 2.45) is 5.16 Å². The Labute approximate surface area is 188 Å². The fraction of sp³-hybridized carbons (Fsp3) is 0.217. The highest BCUT2D eigenvalue weighted by Crippen LogP contribution is 2.26. The molecule has 5 rings (SSSR count). The van der Waals surface area contributed by atoms with Crippen molar-refractivity contribution in [1.82, 2.24) is 15.5 Å². The topological polar surface area (TPSA) is 133 Å². The van der Waals surface area contributed by atoms with Crippen molar-refractivity contribution in [3.8, 4) is 5.75 Å². The molecule has 1 saturated heterocycles. The van der Waals surface area contributed by atoms with Crippen LogP contribution in [0.25, 0.3) is 11.0 Å². The molecule has 170 valence electrons. The number of ketones is 1. The van der Waals surface area contributed by atoms with Crippen LogP contribution in [0, 0.1) is 0 Å². The normalized spacial score (nSPS) is 18.0. The van der Waals surface area contributed by atoms with Crippen molar-refractivity contribution in [1.29, 1.82) is 0 Å². The van der Waals surface area contributed by atoms with Crippen LogP contribution in [-0.4, -0.2) is 54.7 Å². The summed E-state index contributed by atoms with van der Waals surface area (Å²) in [5.74, 6) is 0.840. The van der Waals surface area contributed by atoms with E-state index in [1.54, 1.807) is 31.4 Å². The number of ether oxygens (including phenoxy) is 1. The van der Waals surface area contributed by atoms with Gasteiger partial charge in [-0.15, -0.1) is 0 Å². The van der Waals surface area contributed by atoms with E-state index in [0.29, 0.717) is 23.5 Å². The number of Topliss-reactive ketones (excluding diaryl/α,β-unsaturated/α-hetero) is 1. The molecular weight excluding hydrogens is 428 g/mol. The number of carbonyl (C=O) groups is 3. The highest BCUT2D eigenvalue weighted by molar-refractivity contribution is 6.04. The highest BCUT2D eigenvalue weighted by Gasteiger charge is 2.33. The average Bonchev–Trinajstić information content (AvgIpc) is 3.35. The first kappa shape index (κ1) is 22.0. The Kier molecular flexibility index (Phi) is 6.09. The van der Waals surface area contributed by atoms with E-state index in [1.165, 1.54) is 6.21 Å². The van der Waals surface area contributed by atoms with Gasteiger partial charge in [-0.1, -0.05) is 11.2 Å². The van der Waals surface area contributed by atoms with E-state index in [2.05, 4.69) is 15.8 Å². The van der Waals surface area contributed by atoms with Crippen LogP contribution in [-0.2, 0) is 11.3 Å². The molecule has 3 N–H and O–H groups in total. The summed E-state index contributed by atoms with van der Waals surface area (Å²) >= 11 is 0. The summed E-state index contributed by atoms with van der Waals surface area (Å²) in [7, 11) is 3.56. The monoisotopic (exact) mass is 450 g/mol. The molecule has 1 atom stereocenters. The number of hydrogen-bond acceptors (Lipinski definition) is 8. The third-order valence-electron chi connectivity index (χ3n) is 5.30. The molecule has 10 heteroatoms. The number of fused-ring (bicyclic) bond motifs is 2. The van der Waals surface area contributed by atoms with Crippen molar-refractivity contribution in [2.45, 2.75) is 12.6 Å². The molecule has 1 aromatic heterocycles. The highest BCUT2D eigenvalue weighted by atomic mass is 16.5. The predicted molar refractivity (Wildman–Crippen MR) is 119 cm³/mol. The van der Waals surface area contributed by atoms with Crippen LogP contribution in [0.3, 0.4) is 0 Å². The molecule has 3 amide bonds. The summed E-state index contributed by atoms with van der Waals surface area (Å²) in [6, 6.07) is 11.2. The minimum atomic E-state index is -0.810. The minimum absolute atomic E-state index is 0.174. The first-order valence-electron chi connectivity index (χ1n) is 10.1. The van der Waals surface area contributed by atoms with Gasteiger partial charge in [-0.25, -0.2) is 4.79 Å². The number of nitrogens with one attached hydrogen (secondary N) is 2. The molecule has 3 heterocycles. The Morgan fingerprint density at radius 1 is 1.15 bits per heavy atom. The van der Waals surface area contributed by atoms with Crippen LogP contribution in [0.1, 0.15) is 33.3 Å². The Balaban J connectivity index is 0.000000165. The molecule has 0 aliphatic carbocycles. The van der Waals surface area contributed by atoms with E-state index >= 15 is 0 Å². The molecule has 1 fully saturated rings. The number of imide groups is 1. The number of hydrogen-bond donors (Lipinski definition) is 3. The summed E-state index contributed by atoms with van der Waals surface area (Å²) in [5.41, 5.74) is 3.17. The molecule has 33 heavy (non-hydrogen) atoms. The van der Waals surface area contributed by atoms with Crippen molar-refractivity contribution < 1.29 is 28.7 Å². The zero-order chi connectivity index (χ0) is 23.5. The number of benzene rings is 2. The second-order valence-electron chi connectivity index (χ2n) is 7.70. The van der Waals surface area contributed by atoms with Crippen LogP contribution in [0.5, 0.6) is 5.75 Å². The Morgan fingerprint density at radius 2 is 1.97 bits per heavy atom. The molecule has 1 unspecified atom stereocenters. The van der Waals surface area contributed by atoms with Gasteiger partial charge in [0.15, 0.2) is 11.8 Å². The van der Waals surface area contributed by atoms with Gasteiger partial charge in [0.1, 0.15) is 17.1 Å². The summed E-state index contributed by atoms with van der Waals surface area (Å²) in [5, 5.41) is 16.8. The van der Waals surface area contributed by atoms with E-state index in [1.807, 2.05) is 30.1 Å². The molecule has 0 bridgehead atoms. The number of oxime groups is 1. The van der Waals surface area contributed by atoms with Crippen LogP contribution in [0.15, 0.2) is 52.0 Å². The average molecular weight is 450 g/mol. The summed E-state index contributed by atoms with van der Waals surface area (Å²) in [4.78, 5) is 36.3. The predicted octanol–water partition coefficient (Wildman–Crippen LogP) is 2.44. The van der Waals surface area contributed by atoms with Crippen molar-refractivity contribution in [2.75, 3.05) is 20.7 Å². The van der Waals surface area contributed by atoms with Gasteiger partial charge < -0.3 is 19.7 Å². The first-order chi connectivity index (χ1) is 15.9. The number of methoxy groups -OCH3 is 1. The summed E-state index contributed by atoms with van der Waals surface area (Å²) in [6.45, 7) is 1.34. The molecule has 3 aromatic rings. The number of urea groups is 1. The molecule has 2 aliphatic rings. The van der Waals surface area contributed by atoms with Gasteiger partial charge >= 0.3 is 6.03 Å². The van der Waals surface area contributed by atoms with E-state index in [0.717, 1.165) is 28.8 Å². The van der Waals surface area contributed by atoms with Crippen LogP contribution in [0.2, 0.25) is 0 Å². The number of nitrogens with zero attached hydrogens (tertiary/aromatic N) is 2. The molecule has 2 aliphatic heterocycles. The van der Waals surface area contributed by atoms with Gasteiger partial charge in [-0.3, -0.25) is 19.8 Å².